The Balaban J connectivity index is 2.57. The van der Waals surface area contributed by atoms with E-state index in [4.69, 9.17) is 16.3 Å². The number of nitrogens with zero attached hydrogens (tertiary/aromatic N) is 1. The summed E-state index contributed by atoms with van der Waals surface area (Å²) in [6, 6.07) is 7.55. The largest absolute Gasteiger partial charge is 0.469 e. The van der Waals surface area contributed by atoms with Crippen LogP contribution in [0.5, 0.6) is 0 Å². The third-order valence-corrected chi connectivity index (χ3v) is 3.11. The fraction of sp³-hybridized carbons (Fsp3) is 0.467. The summed E-state index contributed by atoms with van der Waals surface area (Å²) in [7, 11) is 1.39. The van der Waals surface area contributed by atoms with Crippen molar-refractivity contribution in [1.82, 2.24) is 10.6 Å². The van der Waals surface area contributed by atoms with Crippen molar-refractivity contribution in [3.8, 4) is 0 Å². The summed E-state index contributed by atoms with van der Waals surface area (Å²) in [5.74, 6) is 0.202. The van der Waals surface area contributed by atoms with Crippen LogP contribution in [0.15, 0.2) is 29.3 Å². The predicted octanol–water partition coefficient (Wildman–Crippen LogP) is 2.20. The molecule has 0 spiro atoms. The van der Waals surface area contributed by atoms with Crippen LogP contribution in [0.1, 0.15) is 19.4 Å². The summed E-state index contributed by atoms with van der Waals surface area (Å²) in [5.41, 5.74) is 1.07. The summed E-state index contributed by atoms with van der Waals surface area (Å²) in [5, 5.41) is 6.97. The summed E-state index contributed by atoms with van der Waals surface area (Å²) >= 11 is 5.85. The average molecular weight is 312 g/mol. The minimum absolute atomic E-state index is 0.227. The van der Waals surface area contributed by atoms with Gasteiger partial charge < -0.3 is 15.4 Å². The molecule has 0 saturated heterocycles. The molecule has 5 nitrogen and oxygen atoms in total. The maximum atomic E-state index is 11.4. The van der Waals surface area contributed by atoms with Crippen LogP contribution in [-0.2, 0) is 16.1 Å². The maximum absolute atomic E-state index is 11.4. The van der Waals surface area contributed by atoms with Crippen molar-refractivity contribution >= 4 is 23.5 Å². The Morgan fingerprint density at radius 2 is 2.00 bits per heavy atom. The fourth-order valence-corrected chi connectivity index (χ4v) is 1.76. The molecular formula is C15H22ClN3O2. The number of carbonyl (C=O) groups excluding carboxylic acids is 1. The summed E-state index contributed by atoms with van der Waals surface area (Å²) in [4.78, 5) is 15.8. The highest BCUT2D eigenvalue weighted by Crippen LogP contribution is 2.10. The first-order chi connectivity index (χ1) is 10.1. The Morgan fingerprint density at radius 1 is 1.33 bits per heavy atom. The van der Waals surface area contributed by atoms with E-state index in [0.29, 0.717) is 24.1 Å². The topological polar surface area (TPSA) is 62.7 Å². The molecule has 0 aliphatic rings. The first-order valence-corrected chi connectivity index (χ1v) is 7.29. The van der Waals surface area contributed by atoms with Gasteiger partial charge in [0.25, 0.3) is 0 Å². The molecule has 1 aromatic rings. The lowest BCUT2D eigenvalue weighted by atomic mass is 10.2. The van der Waals surface area contributed by atoms with Crippen LogP contribution in [-0.4, -0.2) is 32.1 Å². The van der Waals surface area contributed by atoms with E-state index in [0.717, 1.165) is 12.1 Å². The van der Waals surface area contributed by atoms with Crippen LogP contribution in [0.25, 0.3) is 0 Å². The Kier molecular flexibility index (Phi) is 7.61. The predicted molar refractivity (Wildman–Crippen MR) is 85.5 cm³/mol. The Hall–Kier alpha value is -1.75. The normalized spacial score (nSPS) is 12.7. The van der Waals surface area contributed by atoms with E-state index in [9.17, 15) is 4.79 Å². The zero-order chi connectivity index (χ0) is 15.7. The smallest absolute Gasteiger partial charge is 0.310 e. The molecule has 1 aromatic carbocycles. The molecule has 0 amide bonds. The van der Waals surface area contributed by atoms with Crippen molar-refractivity contribution in [3.63, 3.8) is 0 Å². The van der Waals surface area contributed by atoms with Gasteiger partial charge in [-0.1, -0.05) is 30.7 Å². The quantitative estimate of drug-likeness (QED) is 0.480. The van der Waals surface area contributed by atoms with Crippen LogP contribution in [0.3, 0.4) is 0 Å². The van der Waals surface area contributed by atoms with E-state index in [-0.39, 0.29) is 11.9 Å². The number of ether oxygens (including phenoxy) is 1. The van der Waals surface area contributed by atoms with Crippen molar-refractivity contribution in [3.05, 3.63) is 34.9 Å². The SMILES string of the molecule is CCNC(=NCc1ccc(Cl)cc1)NCC(C)C(=O)OC. The van der Waals surface area contributed by atoms with Gasteiger partial charge in [0.2, 0.25) is 0 Å². The molecule has 21 heavy (non-hydrogen) atoms. The molecule has 0 bridgehead atoms. The van der Waals surface area contributed by atoms with Crippen LogP contribution in [0.2, 0.25) is 5.02 Å². The van der Waals surface area contributed by atoms with Gasteiger partial charge in [0.15, 0.2) is 5.96 Å². The standard InChI is InChI=1S/C15H22ClN3O2/c1-4-17-15(18-9-11(2)14(20)21-3)19-10-12-5-7-13(16)8-6-12/h5-8,11H,4,9-10H2,1-3H3,(H2,17,18,19). The van der Waals surface area contributed by atoms with Gasteiger partial charge >= 0.3 is 5.97 Å². The molecule has 0 fully saturated rings. The molecule has 0 radical (unpaired) electrons. The third-order valence-electron chi connectivity index (χ3n) is 2.86. The number of rotatable bonds is 6. The number of esters is 1. The van der Waals surface area contributed by atoms with E-state index in [1.807, 2.05) is 38.1 Å². The molecule has 0 heterocycles. The van der Waals surface area contributed by atoms with E-state index < -0.39 is 0 Å². The number of halogens is 1. The van der Waals surface area contributed by atoms with Crippen molar-refractivity contribution in [2.24, 2.45) is 10.9 Å². The number of benzene rings is 1. The molecule has 116 valence electrons. The van der Waals surface area contributed by atoms with Gasteiger partial charge in [-0.2, -0.15) is 0 Å². The van der Waals surface area contributed by atoms with E-state index in [2.05, 4.69) is 15.6 Å². The summed E-state index contributed by atoms with van der Waals surface area (Å²) < 4.78 is 4.69. The molecule has 0 saturated carbocycles. The Bertz CT molecular complexity index is 474. The minimum atomic E-state index is -0.240. The van der Waals surface area contributed by atoms with E-state index in [1.165, 1.54) is 7.11 Å². The second-order valence-corrected chi connectivity index (χ2v) is 5.06. The number of methoxy groups -OCH3 is 1. The molecular weight excluding hydrogens is 290 g/mol. The fourth-order valence-electron chi connectivity index (χ4n) is 1.64. The van der Waals surface area contributed by atoms with Gasteiger partial charge in [0.05, 0.1) is 19.6 Å². The highest BCUT2D eigenvalue weighted by atomic mass is 35.5. The molecule has 6 heteroatoms. The maximum Gasteiger partial charge on any atom is 0.310 e. The van der Waals surface area contributed by atoms with Crippen LogP contribution in [0.4, 0.5) is 0 Å². The van der Waals surface area contributed by atoms with Gasteiger partial charge in [-0.3, -0.25) is 4.79 Å². The second-order valence-electron chi connectivity index (χ2n) is 4.63. The number of hydrogen-bond acceptors (Lipinski definition) is 3. The monoisotopic (exact) mass is 311 g/mol. The lowest BCUT2D eigenvalue weighted by Crippen LogP contribution is -2.40. The zero-order valence-electron chi connectivity index (χ0n) is 12.6. The highest BCUT2D eigenvalue weighted by Gasteiger charge is 2.13. The van der Waals surface area contributed by atoms with Crippen LogP contribution in [0, 0.1) is 5.92 Å². The number of nitrogens with one attached hydrogen (secondary N) is 2. The minimum Gasteiger partial charge on any atom is -0.469 e. The first kappa shape index (κ1) is 17.3. The van der Waals surface area contributed by atoms with Crippen LogP contribution >= 0.6 is 11.6 Å². The zero-order valence-corrected chi connectivity index (χ0v) is 13.4. The lowest BCUT2D eigenvalue weighted by Gasteiger charge is -2.14. The lowest BCUT2D eigenvalue weighted by molar-refractivity contribution is -0.144. The summed E-state index contributed by atoms with van der Waals surface area (Å²) in [6.45, 7) is 5.56. The van der Waals surface area contributed by atoms with Gasteiger partial charge in [-0.15, -0.1) is 0 Å². The van der Waals surface area contributed by atoms with Gasteiger partial charge in [0.1, 0.15) is 0 Å². The molecule has 0 aliphatic carbocycles. The molecule has 1 unspecified atom stereocenters. The van der Waals surface area contributed by atoms with Gasteiger partial charge in [-0.25, -0.2) is 4.99 Å². The third kappa shape index (κ3) is 6.49. The molecule has 0 aromatic heterocycles. The number of carbonyl (C=O) groups is 1. The van der Waals surface area contributed by atoms with E-state index >= 15 is 0 Å². The second kappa shape index (κ2) is 9.23. The van der Waals surface area contributed by atoms with Crippen molar-refractivity contribution < 1.29 is 9.53 Å². The Morgan fingerprint density at radius 3 is 2.57 bits per heavy atom. The number of aliphatic imine (C=N–C) groups is 1. The van der Waals surface area contributed by atoms with Gasteiger partial charge in [0, 0.05) is 18.1 Å². The van der Waals surface area contributed by atoms with Crippen molar-refractivity contribution in [1.29, 1.82) is 0 Å². The van der Waals surface area contributed by atoms with Crippen LogP contribution < -0.4 is 10.6 Å². The Labute approximate surface area is 130 Å². The van der Waals surface area contributed by atoms with Crippen molar-refractivity contribution in [2.45, 2.75) is 20.4 Å². The highest BCUT2D eigenvalue weighted by molar-refractivity contribution is 6.30. The summed E-state index contributed by atoms with van der Waals surface area (Å²) in [6.07, 6.45) is 0. The molecule has 2 N–H and O–H groups in total. The average Bonchev–Trinajstić information content (AvgIpc) is 2.50. The van der Waals surface area contributed by atoms with E-state index in [1.54, 1.807) is 0 Å². The van der Waals surface area contributed by atoms with Crippen molar-refractivity contribution in [2.75, 3.05) is 20.2 Å². The van der Waals surface area contributed by atoms with Gasteiger partial charge in [-0.05, 0) is 24.6 Å². The molecule has 1 atom stereocenters. The number of hydrogen-bond donors (Lipinski definition) is 2. The molecule has 1 rings (SSSR count). The number of guanidine groups is 1. The molecule has 0 aliphatic heterocycles. The first-order valence-electron chi connectivity index (χ1n) is 6.91.